The Morgan fingerprint density at radius 2 is 1.11 bits per heavy atom. The zero-order valence-electron chi connectivity index (χ0n) is 27.3. The van der Waals surface area contributed by atoms with Crippen LogP contribution >= 0.6 is 0 Å². The van der Waals surface area contributed by atoms with Gasteiger partial charge in [0.05, 0.1) is 49.7 Å². The molecule has 2 aromatic rings. The van der Waals surface area contributed by atoms with E-state index in [-0.39, 0.29) is 54.6 Å². The van der Waals surface area contributed by atoms with Crippen LogP contribution in [0.4, 0.5) is 0 Å². The topological polar surface area (TPSA) is 144 Å². The number of carbonyl (C=O) groups is 5. The average Bonchev–Trinajstić information content (AvgIpc) is 3.06. The molecule has 0 saturated carbocycles. The van der Waals surface area contributed by atoms with Crippen molar-refractivity contribution in [3.63, 3.8) is 0 Å². The molecular weight excluding hydrogens is 598 g/mol. The molecule has 0 aliphatic heterocycles. The zero-order chi connectivity index (χ0) is 33.9. The molecule has 1 amide bonds. The lowest BCUT2D eigenvalue weighted by molar-refractivity contribution is -0.135. The molecule has 0 N–H and O–H groups in total. The first-order valence-corrected chi connectivity index (χ1v) is 15.3. The minimum absolute atomic E-state index is 0.0525. The van der Waals surface area contributed by atoms with E-state index in [4.69, 9.17) is 28.4 Å². The quantitative estimate of drug-likeness (QED) is 0.0843. The Morgan fingerprint density at radius 1 is 0.652 bits per heavy atom. The van der Waals surface area contributed by atoms with E-state index in [1.165, 1.54) is 55.5 Å². The number of carbonyl (C=O) groups excluding carboxylic acids is 5. The van der Waals surface area contributed by atoms with Crippen molar-refractivity contribution in [1.29, 1.82) is 0 Å². The first kappa shape index (κ1) is 38.1. The summed E-state index contributed by atoms with van der Waals surface area (Å²) in [5.41, 5.74) is 1.07. The van der Waals surface area contributed by atoms with Crippen molar-refractivity contribution in [2.24, 2.45) is 5.92 Å². The van der Waals surface area contributed by atoms with E-state index >= 15 is 0 Å². The minimum atomic E-state index is -0.924. The molecular formula is C34H45NO11. The van der Waals surface area contributed by atoms with Crippen molar-refractivity contribution in [2.45, 2.75) is 40.2 Å². The lowest BCUT2D eigenvalue weighted by Gasteiger charge is -2.26. The number of benzene rings is 2. The zero-order valence-corrected chi connectivity index (χ0v) is 27.3. The van der Waals surface area contributed by atoms with Crippen LogP contribution in [0.5, 0.6) is 0 Å². The highest BCUT2D eigenvalue weighted by Crippen LogP contribution is 2.17. The fourth-order valence-corrected chi connectivity index (χ4v) is 4.29. The van der Waals surface area contributed by atoms with Crippen LogP contribution < -0.4 is 0 Å². The van der Waals surface area contributed by atoms with Crippen LogP contribution in [0.25, 0.3) is 0 Å². The van der Waals surface area contributed by atoms with Gasteiger partial charge >= 0.3 is 17.9 Å². The van der Waals surface area contributed by atoms with E-state index in [2.05, 4.69) is 0 Å². The van der Waals surface area contributed by atoms with Gasteiger partial charge in [0, 0.05) is 31.7 Å². The number of ketones is 1. The number of nitrogens with zero attached hydrogens (tertiary/aromatic N) is 1. The molecule has 0 aliphatic rings. The SMILES string of the molecule is CCN(CC)C(=O)C(C)CC(COC(=O)c1ccc(C(=O)OCCOCCOCCOC)cc1)OC(=O)c1ccc(C(C)=O)cc1. The summed E-state index contributed by atoms with van der Waals surface area (Å²) in [5, 5.41) is 0. The van der Waals surface area contributed by atoms with E-state index in [1.54, 1.807) is 18.9 Å². The molecule has 0 aromatic heterocycles. The number of rotatable bonds is 21. The summed E-state index contributed by atoms with van der Waals surface area (Å²) in [5.74, 6) is -2.71. The molecule has 0 saturated heterocycles. The smallest absolute Gasteiger partial charge is 0.338 e. The maximum absolute atomic E-state index is 12.9. The van der Waals surface area contributed by atoms with E-state index in [9.17, 15) is 24.0 Å². The highest BCUT2D eigenvalue weighted by atomic mass is 16.6. The predicted octanol–water partition coefficient (Wildman–Crippen LogP) is 4.00. The number of methoxy groups -OCH3 is 1. The van der Waals surface area contributed by atoms with Gasteiger partial charge < -0.3 is 33.3 Å². The van der Waals surface area contributed by atoms with Gasteiger partial charge in [-0.2, -0.15) is 0 Å². The molecule has 0 heterocycles. The van der Waals surface area contributed by atoms with Crippen molar-refractivity contribution < 1.29 is 52.4 Å². The molecule has 46 heavy (non-hydrogen) atoms. The van der Waals surface area contributed by atoms with Gasteiger partial charge in [-0.05, 0) is 63.6 Å². The summed E-state index contributed by atoms with van der Waals surface area (Å²) in [7, 11) is 1.59. The van der Waals surface area contributed by atoms with E-state index in [0.717, 1.165) is 0 Å². The summed E-state index contributed by atoms with van der Waals surface area (Å²) in [6.07, 6.45) is -0.804. The van der Waals surface area contributed by atoms with Crippen LogP contribution in [0, 0.1) is 5.92 Å². The standard InChI is InChI=1S/C34H45NO11/c1-6-35(7-2)31(37)24(3)22-30(46-34(40)29-10-8-26(9-11-29)25(4)36)23-45-33(39)28-14-12-27(13-15-28)32(38)44-21-20-43-19-18-42-17-16-41-5/h8-15,24,30H,6-7,16-23H2,1-5H3. The summed E-state index contributed by atoms with van der Waals surface area (Å²) in [6, 6.07) is 11.7. The van der Waals surface area contributed by atoms with Gasteiger partial charge in [0.15, 0.2) is 5.78 Å². The second-order valence-corrected chi connectivity index (χ2v) is 10.3. The fraction of sp³-hybridized carbons (Fsp3) is 0.500. The molecule has 12 nitrogen and oxygen atoms in total. The number of hydrogen-bond acceptors (Lipinski definition) is 11. The Hall–Kier alpha value is -4.13. The molecule has 0 fully saturated rings. The van der Waals surface area contributed by atoms with Gasteiger partial charge in [0.1, 0.15) is 19.3 Å². The van der Waals surface area contributed by atoms with Gasteiger partial charge in [0.2, 0.25) is 5.91 Å². The van der Waals surface area contributed by atoms with E-state index < -0.39 is 29.9 Å². The number of esters is 3. The Kier molecular flexibility index (Phi) is 17.2. The Labute approximate surface area is 270 Å². The van der Waals surface area contributed by atoms with Gasteiger partial charge in [-0.25, -0.2) is 14.4 Å². The molecule has 0 aliphatic carbocycles. The second kappa shape index (κ2) is 20.8. The van der Waals surface area contributed by atoms with Crippen molar-refractivity contribution in [1.82, 2.24) is 4.90 Å². The van der Waals surface area contributed by atoms with Gasteiger partial charge in [-0.3, -0.25) is 9.59 Å². The Morgan fingerprint density at radius 3 is 1.61 bits per heavy atom. The molecule has 0 radical (unpaired) electrons. The lowest BCUT2D eigenvalue weighted by Crippen LogP contribution is -2.37. The third-order valence-corrected chi connectivity index (χ3v) is 6.94. The number of hydrogen-bond donors (Lipinski definition) is 0. The molecule has 0 spiro atoms. The maximum atomic E-state index is 12.9. The first-order chi connectivity index (χ1) is 22.1. The first-order valence-electron chi connectivity index (χ1n) is 15.3. The van der Waals surface area contributed by atoms with Gasteiger partial charge in [-0.15, -0.1) is 0 Å². The molecule has 12 heteroatoms. The number of Topliss-reactive ketones (excluding diaryl/α,β-unsaturated/α-hetero) is 1. The molecule has 2 unspecified atom stereocenters. The van der Waals surface area contributed by atoms with Crippen LogP contribution in [-0.4, -0.2) is 107 Å². The normalized spacial score (nSPS) is 12.1. The van der Waals surface area contributed by atoms with Crippen LogP contribution in [0.15, 0.2) is 48.5 Å². The Balaban J connectivity index is 1.96. The van der Waals surface area contributed by atoms with E-state index in [0.29, 0.717) is 45.1 Å². The third kappa shape index (κ3) is 13.1. The predicted molar refractivity (Wildman–Crippen MR) is 168 cm³/mol. The lowest BCUT2D eigenvalue weighted by atomic mass is 10.0. The second-order valence-electron chi connectivity index (χ2n) is 10.3. The monoisotopic (exact) mass is 643 g/mol. The third-order valence-electron chi connectivity index (χ3n) is 6.94. The summed E-state index contributed by atoms with van der Waals surface area (Å²) in [4.78, 5) is 64.3. The van der Waals surface area contributed by atoms with Crippen molar-refractivity contribution >= 4 is 29.6 Å². The fourth-order valence-electron chi connectivity index (χ4n) is 4.29. The van der Waals surface area contributed by atoms with Gasteiger partial charge in [-0.1, -0.05) is 19.1 Å². The average molecular weight is 644 g/mol. The van der Waals surface area contributed by atoms with Crippen LogP contribution in [0.2, 0.25) is 0 Å². The van der Waals surface area contributed by atoms with Crippen LogP contribution in [-0.2, 0) is 33.2 Å². The van der Waals surface area contributed by atoms with Crippen molar-refractivity contribution in [3.8, 4) is 0 Å². The molecule has 2 aromatic carbocycles. The minimum Gasteiger partial charge on any atom is -0.460 e. The maximum Gasteiger partial charge on any atom is 0.338 e. The highest BCUT2D eigenvalue weighted by Gasteiger charge is 2.26. The van der Waals surface area contributed by atoms with Crippen molar-refractivity contribution in [3.05, 3.63) is 70.8 Å². The molecule has 2 rings (SSSR count). The van der Waals surface area contributed by atoms with Crippen molar-refractivity contribution in [2.75, 3.05) is 66.4 Å². The van der Waals surface area contributed by atoms with Crippen LogP contribution in [0.1, 0.15) is 75.5 Å². The van der Waals surface area contributed by atoms with E-state index in [1.807, 2.05) is 13.8 Å². The largest absolute Gasteiger partial charge is 0.460 e. The van der Waals surface area contributed by atoms with Gasteiger partial charge in [0.25, 0.3) is 0 Å². The number of amides is 1. The molecule has 2 atom stereocenters. The summed E-state index contributed by atoms with van der Waals surface area (Å²) in [6.45, 7) is 9.67. The number of ether oxygens (including phenoxy) is 6. The molecule has 0 bridgehead atoms. The highest BCUT2D eigenvalue weighted by molar-refractivity contribution is 5.96. The summed E-state index contributed by atoms with van der Waals surface area (Å²) < 4.78 is 31.8. The summed E-state index contributed by atoms with van der Waals surface area (Å²) >= 11 is 0. The van der Waals surface area contributed by atoms with Crippen LogP contribution in [0.3, 0.4) is 0 Å². The molecule has 252 valence electrons. The Bertz CT molecular complexity index is 1260.